The minimum absolute atomic E-state index is 0.264. The van der Waals surface area contributed by atoms with Gasteiger partial charge in [0, 0.05) is 0 Å². The van der Waals surface area contributed by atoms with E-state index in [1.165, 1.54) is 43.2 Å². The van der Waals surface area contributed by atoms with Crippen molar-refractivity contribution >= 4 is 0 Å². The van der Waals surface area contributed by atoms with Gasteiger partial charge in [-0.25, -0.2) is 0 Å². The molecule has 0 aromatic heterocycles. The Hall–Kier alpha value is -0.780. The maximum atomic E-state index is 2.36. The highest BCUT2D eigenvalue weighted by Crippen LogP contribution is 2.23. The van der Waals surface area contributed by atoms with Gasteiger partial charge in [0.25, 0.3) is 0 Å². The molecule has 0 heteroatoms. The fraction of sp³-hybridized carbons (Fsp3) is 0.588. The first-order valence-corrected chi connectivity index (χ1v) is 6.98. The zero-order chi connectivity index (χ0) is 12.7. The summed E-state index contributed by atoms with van der Waals surface area (Å²) in [6.07, 6.45) is 8.97. The van der Waals surface area contributed by atoms with Crippen LogP contribution in [0.4, 0.5) is 0 Å². The van der Waals surface area contributed by atoms with Crippen molar-refractivity contribution in [2.75, 3.05) is 0 Å². The lowest BCUT2D eigenvalue weighted by Gasteiger charge is -2.19. The molecule has 0 N–H and O–H groups in total. The van der Waals surface area contributed by atoms with Crippen molar-refractivity contribution in [3.05, 3.63) is 41.8 Å². The molecule has 0 amide bonds. The predicted molar refractivity (Wildman–Crippen MR) is 77.3 cm³/mol. The van der Waals surface area contributed by atoms with Gasteiger partial charge in [-0.1, -0.05) is 77.6 Å². The third kappa shape index (κ3) is 5.39. The molecule has 0 bridgehead atoms. The Morgan fingerprint density at radius 2 is 1.59 bits per heavy atom. The molecule has 1 aromatic carbocycles. The van der Waals surface area contributed by atoms with E-state index in [-0.39, 0.29) is 5.41 Å². The molecule has 1 rings (SSSR count). The Morgan fingerprint density at radius 3 is 2.12 bits per heavy atom. The average Bonchev–Trinajstić information content (AvgIpc) is 2.28. The molecule has 95 valence electrons. The van der Waals surface area contributed by atoms with E-state index in [0.29, 0.717) is 0 Å². The fourth-order valence-electron chi connectivity index (χ4n) is 1.96. The minimum atomic E-state index is 0.264. The molecule has 0 fully saturated rings. The van der Waals surface area contributed by atoms with Crippen LogP contribution in [0.3, 0.4) is 0 Å². The number of unbranched alkanes of at least 4 members (excludes halogenated alkanes) is 4. The second-order valence-electron chi connectivity index (χ2n) is 5.93. The topological polar surface area (TPSA) is 0 Å². The molecule has 0 heterocycles. The Kier molecular flexibility index (Phi) is 5.74. The third-order valence-electron chi connectivity index (χ3n) is 3.21. The first-order chi connectivity index (χ1) is 8.04. The first kappa shape index (κ1) is 14.3. The van der Waals surface area contributed by atoms with Gasteiger partial charge >= 0.3 is 0 Å². The zero-order valence-corrected chi connectivity index (χ0v) is 11.9. The molecule has 0 saturated carbocycles. The van der Waals surface area contributed by atoms with E-state index >= 15 is 0 Å². The Bertz CT molecular complexity index is 300. The summed E-state index contributed by atoms with van der Waals surface area (Å²) in [6.45, 7) is 9.04. The van der Waals surface area contributed by atoms with Gasteiger partial charge in [-0.2, -0.15) is 0 Å². The van der Waals surface area contributed by atoms with E-state index in [1.54, 1.807) is 0 Å². The average molecular weight is 231 g/mol. The fourth-order valence-corrected chi connectivity index (χ4v) is 1.96. The minimum Gasteiger partial charge on any atom is -0.0654 e. The SMILES string of the molecule is CCCCCC[CH]c1ccc(C(C)(C)C)cc1. The van der Waals surface area contributed by atoms with Crippen LogP contribution >= 0.6 is 0 Å². The van der Waals surface area contributed by atoms with Gasteiger partial charge in [0.05, 0.1) is 0 Å². The molecule has 1 aromatic rings. The monoisotopic (exact) mass is 231 g/mol. The zero-order valence-electron chi connectivity index (χ0n) is 11.9. The highest BCUT2D eigenvalue weighted by Gasteiger charge is 2.12. The molecule has 0 nitrogen and oxygen atoms in total. The van der Waals surface area contributed by atoms with Crippen LogP contribution in [0.2, 0.25) is 0 Å². The summed E-state index contributed by atoms with van der Waals surface area (Å²) in [4.78, 5) is 0. The van der Waals surface area contributed by atoms with Gasteiger partial charge in [0.15, 0.2) is 0 Å². The van der Waals surface area contributed by atoms with Crippen LogP contribution in [0.5, 0.6) is 0 Å². The van der Waals surface area contributed by atoms with Crippen LogP contribution in [0.1, 0.15) is 70.9 Å². The molecule has 0 unspecified atom stereocenters. The molecular formula is C17H27. The van der Waals surface area contributed by atoms with Gasteiger partial charge in [-0.05, 0) is 29.4 Å². The van der Waals surface area contributed by atoms with Crippen LogP contribution in [-0.4, -0.2) is 0 Å². The maximum Gasteiger partial charge on any atom is -0.00931 e. The van der Waals surface area contributed by atoms with Crippen LogP contribution < -0.4 is 0 Å². The van der Waals surface area contributed by atoms with E-state index in [2.05, 4.69) is 58.4 Å². The van der Waals surface area contributed by atoms with Crippen molar-refractivity contribution in [2.45, 2.75) is 65.2 Å². The maximum absolute atomic E-state index is 2.36. The summed E-state index contributed by atoms with van der Waals surface area (Å²) < 4.78 is 0. The lowest BCUT2D eigenvalue weighted by molar-refractivity contribution is 0.590. The van der Waals surface area contributed by atoms with Gasteiger partial charge < -0.3 is 0 Å². The number of rotatable bonds is 6. The van der Waals surface area contributed by atoms with E-state index in [9.17, 15) is 0 Å². The van der Waals surface area contributed by atoms with Crippen LogP contribution in [0.25, 0.3) is 0 Å². The highest BCUT2D eigenvalue weighted by atomic mass is 14.2. The molecule has 0 aliphatic carbocycles. The molecule has 1 radical (unpaired) electrons. The van der Waals surface area contributed by atoms with Crippen molar-refractivity contribution in [2.24, 2.45) is 0 Å². The van der Waals surface area contributed by atoms with Gasteiger partial charge in [0.1, 0.15) is 0 Å². The standard InChI is InChI=1S/C17H27/c1-5-6-7-8-9-10-15-11-13-16(14-12-15)17(2,3)4/h10-14H,5-9H2,1-4H3. The summed E-state index contributed by atoms with van der Waals surface area (Å²) in [6, 6.07) is 9.02. The number of hydrogen-bond acceptors (Lipinski definition) is 0. The Labute approximate surface area is 107 Å². The van der Waals surface area contributed by atoms with Gasteiger partial charge in [-0.3, -0.25) is 0 Å². The molecular weight excluding hydrogens is 204 g/mol. The first-order valence-electron chi connectivity index (χ1n) is 6.98. The van der Waals surface area contributed by atoms with Gasteiger partial charge in [0.2, 0.25) is 0 Å². The summed E-state index contributed by atoms with van der Waals surface area (Å²) in [5.74, 6) is 0. The van der Waals surface area contributed by atoms with E-state index in [0.717, 1.165) is 0 Å². The third-order valence-corrected chi connectivity index (χ3v) is 3.21. The molecule has 0 saturated heterocycles. The van der Waals surface area contributed by atoms with Crippen molar-refractivity contribution in [3.8, 4) is 0 Å². The molecule has 0 spiro atoms. The molecule has 0 aliphatic rings. The normalized spacial score (nSPS) is 11.8. The lowest BCUT2D eigenvalue weighted by atomic mass is 9.86. The Morgan fingerprint density at radius 1 is 0.941 bits per heavy atom. The van der Waals surface area contributed by atoms with Crippen molar-refractivity contribution < 1.29 is 0 Å². The smallest absolute Gasteiger partial charge is 0.00931 e. The van der Waals surface area contributed by atoms with E-state index in [1.807, 2.05) is 0 Å². The van der Waals surface area contributed by atoms with Crippen LogP contribution in [0.15, 0.2) is 24.3 Å². The molecule has 17 heavy (non-hydrogen) atoms. The summed E-state index contributed by atoms with van der Waals surface area (Å²) >= 11 is 0. The quantitative estimate of drug-likeness (QED) is 0.566. The molecule has 0 aliphatic heterocycles. The summed E-state index contributed by atoms with van der Waals surface area (Å²) in [5, 5.41) is 0. The summed E-state index contributed by atoms with van der Waals surface area (Å²) in [5.41, 5.74) is 3.05. The van der Waals surface area contributed by atoms with Crippen LogP contribution in [-0.2, 0) is 5.41 Å². The van der Waals surface area contributed by atoms with Gasteiger partial charge in [-0.15, -0.1) is 0 Å². The van der Waals surface area contributed by atoms with Crippen molar-refractivity contribution in [1.29, 1.82) is 0 Å². The van der Waals surface area contributed by atoms with Crippen molar-refractivity contribution in [1.82, 2.24) is 0 Å². The molecule has 0 atom stereocenters. The largest absolute Gasteiger partial charge is 0.0654 e. The van der Waals surface area contributed by atoms with Crippen LogP contribution in [0, 0.1) is 6.42 Å². The highest BCUT2D eigenvalue weighted by molar-refractivity contribution is 5.30. The lowest BCUT2D eigenvalue weighted by Crippen LogP contribution is -2.10. The predicted octanol–water partition coefficient (Wildman–Crippen LogP) is 5.51. The Balaban J connectivity index is 2.36. The summed E-state index contributed by atoms with van der Waals surface area (Å²) in [7, 11) is 0. The second-order valence-corrected chi connectivity index (χ2v) is 5.93. The second kappa shape index (κ2) is 6.83. The van der Waals surface area contributed by atoms with E-state index in [4.69, 9.17) is 0 Å². The number of benzene rings is 1. The van der Waals surface area contributed by atoms with E-state index < -0.39 is 0 Å². The van der Waals surface area contributed by atoms with Crippen molar-refractivity contribution in [3.63, 3.8) is 0 Å². The number of hydrogen-bond donors (Lipinski definition) is 0.